The fourth-order valence-corrected chi connectivity index (χ4v) is 3.24. The second-order valence-electron chi connectivity index (χ2n) is 7.18. The Balaban J connectivity index is 1.45. The zero-order chi connectivity index (χ0) is 16.9. The first-order valence-electron chi connectivity index (χ1n) is 8.98. The minimum Gasteiger partial charge on any atom is -0.374 e. The van der Waals surface area contributed by atoms with E-state index in [9.17, 15) is 4.79 Å². The van der Waals surface area contributed by atoms with Crippen molar-refractivity contribution in [1.82, 2.24) is 15.5 Å². The summed E-state index contributed by atoms with van der Waals surface area (Å²) in [6.07, 6.45) is 2.58. The van der Waals surface area contributed by atoms with Crippen LogP contribution in [0, 0.1) is 12.8 Å². The fourth-order valence-electron chi connectivity index (χ4n) is 3.24. The number of nitrogens with one attached hydrogen (secondary N) is 2. The number of nitrogens with zero attached hydrogens (tertiary/aromatic N) is 1. The molecule has 1 aliphatic heterocycles. The number of morpholine rings is 1. The predicted octanol–water partition coefficient (Wildman–Crippen LogP) is 1.48. The van der Waals surface area contributed by atoms with Gasteiger partial charge in [0, 0.05) is 19.6 Å². The number of likely N-dealkylation sites (N-methyl/N-ethyl adjacent to an activating group) is 1. The van der Waals surface area contributed by atoms with Crippen molar-refractivity contribution in [2.45, 2.75) is 31.9 Å². The molecule has 0 spiro atoms. The second kappa shape index (κ2) is 8.10. The van der Waals surface area contributed by atoms with Crippen molar-refractivity contribution in [2.24, 2.45) is 5.92 Å². The van der Waals surface area contributed by atoms with Gasteiger partial charge >= 0.3 is 0 Å². The number of carbonyl (C=O) groups excluding carboxylic acids is 1. The van der Waals surface area contributed by atoms with Crippen LogP contribution in [0.15, 0.2) is 24.3 Å². The summed E-state index contributed by atoms with van der Waals surface area (Å²) in [4.78, 5) is 14.6. The molecule has 1 saturated heterocycles. The maximum absolute atomic E-state index is 12.3. The van der Waals surface area contributed by atoms with E-state index in [0.29, 0.717) is 12.5 Å². The van der Waals surface area contributed by atoms with E-state index in [1.165, 1.54) is 24.0 Å². The SMILES string of the molecule is Cc1ccc([C@@H](NC(=O)CNC[C@@H]2CN(C)CCO2)C2CC2)cc1. The van der Waals surface area contributed by atoms with Crippen molar-refractivity contribution in [3.63, 3.8) is 0 Å². The average Bonchev–Trinajstić information content (AvgIpc) is 3.38. The Morgan fingerprint density at radius 1 is 1.33 bits per heavy atom. The van der Waals surface area contributed by atoms with Gasteiger partial charge in [-0.15, -0.1) is 0 Å². The van der Waals surface area contributed by atoms with Gasteiger partial charge in [0.15, 0.2) is 0 Å². The molecule has 5 nitrogen and oxygen atoms in total. The minimum absolute atomic E-state index is 0.0663. The largest absolute Gasteiger partial charge is 0.374 e. The van der Waals surface area contributed by atoms with E-state index in [-0.39, 0.29) is 18.1 Å². The van der Waals surface area contributed by atoms with Crippen molar-refractivity contribution in [3.05, 3.63) is 35.4 Å². The van der Waals surface area contributed by atoms with Crippen molar-refractivity contribution < 1.29 is 9.53 Å². The molecule has 1 aromatic carbocycles. The Bertz CT molecular complexity index is 542. The number of hydrogen-bond donors (Lipinski definition) is 2. The Morgan fingerprint density at radius 3 is 2.75 bits per heavy atom. The van der Waals surface area contributed by atoms with Gasteiger partial charge in [0.2, 0.25) is 5.91 Å². The highest BCUT2D eigenvalue weighted by Gasteiger charge is 2.33. The van der Waals surface area contributed by atoms with Gasteiger partial charge in [-0.1, -0.05) is 29.8 Å². The van der Waals surface area contributed by atoms with Gasteiger partial charge in [0.05, 0.1) is 25.3 Å². The normalized spacial score (nSPS) is 23.0. The molecular weight excluding hydrogens is 302 g/mol. The maximum Gasteiger partial charge on any atom is 0.234 e. The summed E-state index contributed by atoms with van der Waals surface area (Å²) < 4.78 is 5.70. The zero-order valence-electron chi connectivity index (χ0n) is 14.8. The van der Waals surface area contributed by atoms with Crippen LogP contribution in [0.2, 0.25) is 0 Å². The highest BCUT2D eigenvalue weighted by Crippen LogP contribution is 2.40. The average molecular weight is 331 g/mol. The molecule has 1 heterocycles. The maximum atomic E-state index is 12.3. The number of carbonyl (C=O) groups is 1. The lowest BCUT2D eigenvalue weighted by Crippen LogP contribution is -2.46. The molecule has 0 radical (unpaired) electrons. The number of aryl methyl sites for hydroxylation is 1. The number of rotatable bonds is 7. The molecule has 0 aromatic heterocycles. The van der Waals surface area contributed by atoms with Crippen LogP contribution in [0.25, 0.3) is 0 Å². The molecule has 2 atom stereocenters. The van der Waals surface area contributed by atoms with Crippen LogP contribution in [0.3, 0.4) is 0 Å². The first-order chi connectivity index (χ1) is 11.6. The lowest BCUT2D eigenvalue weighted by atomic mass is 10.0. The topological polar surface area (TPSA) is 53.6 Å². The highest BCUT2D eigenvalue weighted by atomic mass is 16.5. The van der Waals surface area contributed by atoms with Gasteiger partial charge in [-0.25, -0.2) is 0 Å². The summed E-state index contributed by atoms with van der Waals surface area (Å²) in [6, 6.07) is 8.66. The van der Waals surface area contributed by atoms with E-state index in [0.717, 1.165) is 26.2 Å². The van der Waals surface area contributed by atoms with Crippen molar-refractivity contribution in [3.8, 4) is 0 Å². The van der Waals surface area contributed by atoms with Crippen LogP contribution in [0.5, 0.6) is 0 Å². The standard InChI is InChI=1S/C19H29N3O2/c1-14-3-5-15(6-4-14)19(16-7-8-16)21-18(23)12-20-11-17-13-22(2)9-10-24-17/h3-6,16-17,19-20H,7-13H2,1-2H3,(H,21,23)/t17-,19-/m1/s1. The third-order valence-electron chi connectivity index (χ3n) is 4.85. The molecule has 2 fully saturated rings. The number of amides is 1. The molecule has 0 unspecified atom stereocenters. The summed E-state index contributed by atoms with van der Waals surface area (Å²) in [5, 5.41) is 6.45. The van der Waals surface area contributed by atoms with Crippen molar-refractivity contribution >= 4 is 5.91 Å². The minimum atomic E-state index is 0.0663. The van der Waals surface area contributed by atoms with Crippen LogP contribution in [-0.4, -0.2) is 56.7 Å². The highest BCUT2D eigenvalue weighted by molar-refractivity contribution is 5.78. The van der Waals surface area contributed by atoms with Crippen LogP contribution < -0.4 is 10.6 Å². The molecule has 2 N–H and O–H groups in total. The molecule has 1 aliphatic carbocycles. The smallest absolute Gasteiger partial charge is 0.234 e. The van der Waals surface area contributed by atoms with Crippen LogP contribution in [0.4, 0.5) is 0 Å². The number of ether oxygens (including phenoxy) is 1. The molecule has 132 valence electrons. The van der Waals surface area contributed by atoms with E-state index < -0.39 is 0 Å². The molecular formula is C19H29N3O2. The number of hydrogen-bond acceptors (Lipinski definition) is 4. The quantitative estimate of drug-likeness (QED) is 0.795. The third-order valence-corrected chi connectivity index (χ3v) is 4.85. The first kappa shape index (κ1) is 17.4. The predicted molar refractivity (Wildman–Crippen MR) is 94.9 cm³/mol. The van der Waals surface area contributed by atoms with E-state index in [4.69, 9.17) is 4.74 Å². The second-order valence-corrected chi connectivity index (χ2v) is 7.18. The molecule has 1 amide bonds. The third kappa shape index (κ3) is 5.03. The lowest BCUT2D eigenvalue weighted by molar-refractivity contribution is -0.121. The molecule has 5 heteroatoms. The van der Waals surface area contributed by atoms with Gasteiger partial charge in [-0.2, -0.15) is 0 Å². The zero-order valence-corrected chi connectivity index (χ0v) is 14.8. The van der Waals surface area contributed by atoms with E-state index in [1.807, 2.05) is 0 Å². The number of benzene rings is 1. The molecule has 3 rings (SSSR count). The Labute approximate surface area is 144 Å². The van der Waals surface area contributed by atoms with Crippen molar-refractivity contribution in [1.29, 1.82) is 0 Å². The van der Waals surface area contributed by atoms with Gasteiger partial charge in [0.1, 0.15) is 0 Å². The van der Waals surface area contributed by atoms with E-state index in [2.05, 4.69) is 53.8 Å². The summed E-state index contributed by atoms with van der Waals surface area (Å²) in [5.41, 5.74) is 2.47. The van der Waals surface area contributed by atoms with Gasteiger partial charge in [0.25, 0.3) is 0 Å². The van der Waals surface area contributed by atoms with Crippen LogP contribution in [0.1, 0.15) is 30.0 Å². The fraction of sp³-hybridized carbons (Fsp3) is 0.632. The van der Waals surface area contributed by atoms with E-state index in [1.54, 1.807) is 0 Å². The van der Waals surface area contributed by atoms with Gasteiger partial charge < -0.3 is 20.3 Å². The Hall–Kier alpha value is -1.43. The summed E-state index contributed by atoms with van der Waals surface area (Å²) in [5.74, 6) is 0.656. The monoisotopic (exact) mass is 331 g/mol. The molecule has 1 saturated carbocycles. The molecule has 1 aromatic rings. The Kier molecular flexibility index (Phi) is 5.87. The molecule has 24 heavy (non-hydrogen) atoms. The van der Waals surface area contributed by atoms with E-state index >= 15 is 0 Å². The molecule has 0 bridgehead atoms. The van der Waals surface area contributed by atoms with Gasteiger partial charge in [-0.3, -0.25) is 4.79 Å². The van der Waals surface area contributed by atoms with Crippen molar-refractivity contribution in [2.75, 3.05) is 39.8 Å². The first-order valence-corrected chi connectivity index (χ1v) is 8.98. The van der Waals surface area contributed by atoms with Crippen LogP contribution in [-0.2, 0) is 9.53 Å². The summed E-state index contributed by atoms with van der Waals surface area (Å²) in [6.45, 7) is 5.82. The lowest BCUT2D eigenvalue weighted by Gasteiger charge is -2.30. The Morgan fingerprint density at radius 2 is 2.08 bits per heavy atom. The summed E-state index contributed by atoms with van der Waals surface area (Å²) >= 11 is 0. The summed E-state index contributed by atoms with van der Waals surface area (Å²) in [7, 11) is 2.10. The molecule has 2 aliphatic rings. The van der Waals surface area contributed by atoms with Gasteiger partial charge in [-0.05, 0) is 38.3 Å². The van der Waals surface area contributed by atoms with Crippen LogP contribution >= 0.6 is 0 Å².